The van der Waals surface area contributed by atoms with Gasteiger partial charge in [-0.2, -0.15) is 0 Å². The van der Waals surface area contributed by atoms with E-state index in [1.807, 2.05) is 0 Å². The van der Waals surface area contributed by atoms with Crippen LogP contribution in [-0.4, -0.2) is 10.6 Å². The zero-order valence-electron chi connectivity index (χ0n) is 19.6. The van der Waals surface area contributed by atoms with E-state index in [-0.39, 0.29) is 17.0 Å². The number of rotatable bonds is 14. The minimum absolute atomic E-state index is 0. The Balaban J connectivity index is 0.00000385. The summed E-state index contributed by atoms with van der Waals surface area (Å²) in [6, 6.07) is 33.6. The van der Waals surface area contributed by atoms with Crippen LogP contribution >= 0.6 is 29.9 Å². The van der Waals surface area contributed by atoms with Gasteiger partial charge in [0.25, 0.3) is 0 Å². The summed E-state index contributed by atoms with van der Waals surface area (Å²) < 4.78 is 1.31. The van der Waals surface area contributed by atoms with Gasteiger partial charge >= 0.3 is 0 Å². The third-order valence-corrected chi connectivity index (χ3v) is 11.2. The maximum Gasteiger partial charge on any atom is 0.115 e. The number of hydrogen-bond acceptors (Lipinski definition) is 0. The van der Waals surface area contributed by atoms with Crippen LogP contribution in [0.25, 0.3) is 0 Å². The van der Waals surface area contributed by atoms with Gasteiger partial charge in [-0.15, -0.1) is 0 Å². The Morgan fingerprint density at radius 2 is 0.909 bits per heavy atom. The fourth-order valence-corrected chi connectivity index (χ4v) is 8.98. The third kappa shape index (κ3) is 8.64. The number of hydrogen-bond donors (Lipinski definition) is 0. The number of unbranched alkanes of at least 4 members (excludes halogenated alkanes) is 7. The largest absolute Gasteiger partial charge is 1.00 e. The standard InChI is InChI=1S/C30H37IP.BrH/c31-26-18-7-5-3-1-2-4-6-8-19-27-32(28-20-12-9-13-21-28,29-22-14-10-15-23-29)30-24-16-11-17-25-30;/h8-17,19-25H,1-7,18,26-27H2;1H/q+1;/p-1. The van der Waals surface area contributed by atoms with Crippen LogP contribution in [0.3, 0.4) is 0 Å². The molecule has 0 N–H and O–H groups in total. The lowest BCUT2D eigenvalue weighted by atomic mass is 10.1. The Morgan fingerprint density at radius 3 is 1.33 bits per heavy atom. The molecule has 3 aromatic rings. The number of halogens is 2. The van der Waals surface area contributed by atoms with Crippen LogP contribution in [-0.2, 0) is 0 Å². The van der Waals surface area contributed by atoms with E-state index in [2.05, 4.69) is 126 Å². The second kappa shape index (κ2) is 16.6. The fourth-order valence-electron chi connectivity index (χ4n) is 4.40. The van der Waals surface area contributed by atoms with E-state index in [0.717, 1.165) is 6.16 Å². The van der Waals surface area contributed by atoms with Gasteiger partial charge in [0.2, 0.25) is 0 Å². The molecule has 0 saturated carbocycles. The molecule has 0 heterocycles. The van der Waals surface area contributed by atoms with E-state index in [1.165, 1.54) is 71.7 Å². The van der Waals surface area contributed by atoms with E-state index < -0.39 is 7.26 Å². The topological polar surface area (TPSA) is 0 Å². The first-order chi connectivity index (χ1) is 15.9. The molecule has 0 aliphatic carbocycles. The smallest absolute Gasteiger partial charge is 0.115 e. The monoisotopic (exact) mass is 634 g/mol. The van der Waals surface area contributed by atoms with Crippen LogP contribution in [0.2, 0.25) is 0 Å². The molecule has 0 bridgehead atoms. The Hall–Kier alpha value is -0.960. The number of benzene rings is 3. The number of alkyl halides is 1. The average molecular weight is 635 g/mol. The minimum Gasteiger partial charge on any atom is -1.00 e. The fraction of sp³-hybridized carbons (Fsp3) is 0.333. The van der Waals surface area contributed by atoms with Gasteiger partial charge in [0.05, 0.1) is 6.16 Å². The summed E-state index contributed by atoms with van der Waals surface area (Å²) in [6.45, 7) is 0. The zero-order valence-corrected chi connectivity index (χ0v) is 24.2. The van der Waals surface area contributed by atoms with E-state index in [1.54, 1.807) is 0 Å². The molecule has 0 nitrogen and oxygen atoms in total. The average Bonchev–Trinajstić information content (AvgIpc) is 2.87. The molecule has 176 valence electrons. The molecular weight excluding hydrogens is 598 g/mol. The molecule has 33 heavy (non-hydrogen) atoms. The molecule has 3 aromatic carbocycles. The van der Waals surface area contributed by atoms with E-state index in [4.69, 9.17) is 0 Å². The molecule has 0 saturated heterocycles. The lowest BCUT2D eigenvalue weighted by Crippen LogP contribution is -3.00. The lowest BCUT2D eigenvalue weighted by molar-refractivity contribution is -0.00000626. The minimum atomic E-state index is -1.72. The highest BCUT2D eigenvalue weighted by Crippen LogP contribution is 2.55. The predicted octanol–water partition coefficient (Wildman–Crippen LogP) is 5.10. The van der Waals surface area contributed by atoms with Gasteiger partial charge in [0, 0.05) is 0 Å². The molecule has 3 heteroatoms. The van der Waals surface area contributed by atoms with Crippen LogP contribution in [0.4, 0.5) is 0 Å². The molecular formula is C30H37BrIP. The maximum absolute atomic E-state index is 2.49. The van der Waals surface area contributed by atoms with Gasteiger partial charge in [-0.1, -0.05) is 121 Å². The predicted molar refractivity (Wildman–Crippen MR) is 155 cm³/mol. The summed E-state index contributed by atoms with van der Waals surface area (Å²) in [5.41, 5.74) is 0. The molecule has 0 amide bonds. The molecule has 0 aromatic heterocycles. The van der Waals surface area contributed by atoms with Crippen LogP contribution < -0.4 is 32.9 Å². The second-order valence-corrected chi connectivity index (χ2v) is 13.0. The van der Waals surface area contributed by atoms with Crippen molar-refractivity contribution in [2.75, 3.05) is 10.6 Å². The van der Waals surface area contributed by atoms with Crippen molar-refractivity contribution in [3.8, 4) is 0 Å². The van der Waals surface area contributed by atoms with Crippen molar-refractivity contribution < 1.29 is 17.0 Å². The molecule has 0 unspecified atom stereocenters. The van der Waals surface area contributed by atoms with Crippen molar-refractivity contribution >= 4 is 45.8 Å². The second-order valence-electron chi connectivity index (χ2n) is 8.42. The molecule has 0 radical (unpaired) electrons. The highest BCUT2D eigenvalue weighted by Gasteiger charge is 2.43. The van der Waals surface area contributed by atoms with Crippen molar-refractivity contribution in [3.63, 3.8) is 0 Å². The van der Waals surface area contributed by atoms with Gasteiger partial charge in [0.15, 0.2) is 0 Å². The number of allylic oxidation sites excluding steroid dienone is 2. The first kappa shape index (κ1) is 28.3. The van der Waals surface area contributed by atoms with E-state index >= 15 is 0 Å². The molecule has 0 spiro atoms. The summed E-state index contributed by atoms with van der Waals surface area (Å²) in [4.78, 5) is 0. The van der Waals surface area contributed by atoms with Crippen molar-refractivity contribution in [1.29, 1.82) is 0 Å². The highest BCUT2D eigenvalue weighted by atomic mass is 127. The third-order valence-electron chi connectivity index (χ3n) is 6.14. The van der Waals surface area contributed by atoms with Gasteiger partial charge in [-0.25, -0.2) is 0 Å². The van der Waals surface area contributed by atoms with Gasteiger partial charge in [-0.05, 0) is 60.1 Å². The van der Waals surface area contributed by atoms with Crippen LogP contribution in [0, 0.1) is 0 Å². The van der Waals surface area contributed by atoms with Crippen LogP contribution in [0.1, 0.15) is 51.4 Å². The maximum atomic E-state index is 2.49. The summed E-state index contributed by atoms with van der Waals surface area (Å²) in [7, 11) is -1.72. The first-order valence-corrected chi connectivity index (χ1v) is 15.6. The van der Waals surface area contributed by atoms with E-state index in [0.29, 0.717) is 0 Å². The normalized spacial score (nSPS) is 11.4. The van der Waals surface area contributed by atoms with Gasteiger partial charge in [0.1, 0.15) is 23.2 Å². The molecule has 0 fully saturated rings. The Labute approximate surface area is 226 Å². The van der Waals surface area contributed by atoms with Crippen LogP contribution in [0.15, 0.2) is 103 Å². The lowest BCUT2D eigenvalue weighted by Gasteiger charge is -2.26. The Kier molecular flexibility index (Phi) is 14.3. The first-order valence-electron chi connectivity index (χ1n) is 12.1. The molecule has 3 rings (SSSR count). The summed E-state index contributed by atoms with van der Waals surface area (Å²) >= 11 is 2.49. The Morgan fingerprint density at radius 1 is 0.515 bits per heavy atom. The quantitative estimate of drug-likeness (QED) is 0.0762. The van der Waals surface area contributed by atoms with Crippen molar-refractivity contribution in [1.82, 2.24) is 0 Å². The van der Waals surface area contributed by atoms with Gasteiger partial charge in [-0.3, -0.25) is 0 Å². The van der Waals surface area contributed by atoms with Crippen molar-refractivity contribution in [2.24, 2.45) is 0 Å². The highest BCUT2D eigenvalue weighted by molar-refractivity contribution is 14.1. The van der Waals surface area contributed by atoms with Crippen LogP contribution in [0.5, 0.6) is 0 Å². The van der Waals surface area contributed by atoms with Crippen molar-refractivity contribution in [3.05, 3.63) is 103 Å². The zero-order chi connectivity index (χ0) is 22.3. The Bertz CT molecular complexity index is 800. The summed E-state index contributed by atoms with van der Waals surface area (Å²) in [6.07, 6.45) is 16.9. The SMILES string of the molecule is ICCCCCCCCCC=CC[P+](c1ccccc1)(c1ccccc1)c1ccccc1.[Br-]. The van der Waals surface area contributed by atoms with E-state index in [9.17, 15) is 0 Å². The molecule has 0 atom stereocenters. The summed E-state index contributed by atoms with van der Waals surface area (Å²) in [5, 5.41) is 4.40. The van der Waals surface area contributed by atoms with Crippen molar-refractivity contribution in [2.45, 2.75) is 51.4 Å². The van der Waals surface area contributed by atoms with Gasteiger partial charge < -0.3 is 17.0 Å². The molecule has 0 aliphatic rings. The molecule has 0 aliphatic heterocycles. The summed E-state index contributed by atoms with van der Waals surface area (Å²) in [5.74, 6) is 0.